The van der Waals surface area contributed by atoms with Crippen molar-refractivity contribution in [3.63, 3.8) is 0 Å². The number of benzene rings is 1. The van der Waals surface area contributed by atoms with Crippen molar-refractivity contribution in [3.05, 3.63) is 29.1 Å². The van der Waals surface area contributed by atoms with E-state index in [1.807, 2.05) is 40.7 Å². The van der Waals surface area contributed by atoms with Gasteiger partial charge in [-0.1, -0.05) is 41.0 Å². The van der Waals surface area contributed by atoms with E-state index in [9.17, 15) is 4.39 Å². The van der Waals surface area contributed by atoms with Crippen LogP contribution in [0.1, 0.15) is 65.5 Å². The second-order valence-corrected chi connectivity index (χ2v) is 4.07. The van der Waals surface area contributed by atoms with Crippen molar-refractivity contribution in [2.45, 2.75) is 61.3 Å². The Hall–Kier alpha value is -1.38. The molecule has 2 nitrogen and oxygen atoms in total. The molecule has 0 aliphatic carbocycles. The molecule has 1 aromatic carbocycles. The Kier molecular flexibility index (Phi) is 13.2. The summed E-state index contributed by atoms with van der Waals surface area (Å²) in [6, 6.07) is 3.37. The summed E-state index contributed by atoms with van der Waals surface area (Å²) in [6.07, 6.45) is 2.15. The van der Waals surface area contributed by atoms with Crippen LogP contribution in [0.3, 0.4) is 0 Å². The van der Waals surface area contributed by atoms with E-state index in [4.69, 9.17) is 5.41 Å². The van der Waals surface area contributed by atoms with Crippen molar-refractivity contribution in [3.8, 4) is 0 Å². The fourth-order valence-electron chi connectivity index (χ4n) is 1.66. The molecule has 0 saturated carbocycles. The van der Waals surface area contributed by atoms with E-state index in [-0.39, 0.29) is 11.5 Å². The van der Waals surface area contributed by atoms with Crippen LogP contribution in [0, 0.1) is 18.2 Å². The van der Waals surface area contributed by atoms with E-state index in [2.05, 4.69) is 12.2 Å². The highest BCUT2D eigenvalue weighted by molar-refractivity contribution is 6.01. The fourth-order valence-corrected chi connectivity index (χ4v) is 1.66. The van der Waals surface area contributed by atoms with E-state index >= 15 is 0 Å². The molecule has 0 fully saturated rings. The number of nitrogens with one attached hydrogen (secondary N) is 2. The summed E-state index contributed by atoms with van der Waals surface area (Å²) in [5.41, 5.74) is 2.26. The third-order valence-electron chi connectivity index (χ3n) is 2.46. The number of halogens is 1. The molecule has 0 aliphatic heterocycles. The molecule has 0 saturated heterocycles. The van der Waals surface area contributed by atoms with E-state index in [1.54, 1.807) is 6.92 Å². The Morgan fingerprint density at radius 2 is 1.75 bits per heavy atom. The molecule has 0 spiro atoms. The first-order valence-electron chi connectivity index (χ1n) is 7.65. The summed E-state index contributed by atoms with van der Waals surface area (Å²) in [5.74, 6) is -0.313. The maximum absolute atomic E-state index is 13.7. The minimum absolute atomic E-state index is 0.261. The predicted octanol–water partition coefficient (Wildman–Crippen LogP) is 5.79. The van der Waals surface area contributed by atoms with Gasteiger partial charge in [-0.2, -0.15) is 0 Å². The lowest BCUT2D eigenvalue weighted by molar-refractivity contribution is 0.624. The number of aryl methyl sites for hydroxylation is 1. The van der Waals surface area contributed by atoms with Gasteiger partial charge in [0.05, 0.1) is 5.56 Å². The predicted molar refractivity (Wildman–Crippen MR) is 89.7 cm³/mol. The topological polar surface area (TPSA) is 35.9 Å². The lowest BCUT2D eigenvalue weighted by Crippen LogP contribution is -2.08. The molecule has 0 atom stereocenters. The van der Waals surface area contributed by atoms with E-state index in [1.165, 1.54) is 6.07 Å². The zero-order chi connectivity index (χ0) is 16.1. The second kappa shape index (κ2) is 12.6. The highest BCUT2D eigenvalue weighted by Gasteiger charge is 2.11. The molecule has 0 radical (unpaired) electrons. The smallest absolute Gasteiger partial charge is 0.134 e. The van der Waals surface area contributed by atoms with Gasteiger partial charge in [-0.05, 0) is 38.0 Å². The Bertz CT molecular complexity index is 387. The largest absolute Gasteiger partial charge is 0.384 e. The van der Waals surface area contributed by atoms with Gasteiger partial charge in [0.15, 0.2) is 0 Å². The maximum Gasteiger partial charge on any atom is 0.134 e. The lowest BCUT2D eigenvalue weighted by atomic mass is 10.0. The Morgan fingerprint density at radius 1 is 1.20 bits per heavy atom. The molecule has 0 amide bonds. The second-order valence-electron chi connectivity index (χ2n) is 4.07. The van der Waals surface area contributed by atoms with Crippen LogP contribution in [0.2, 0.25) is 0 Å². The summed E-state index contributed by atoms with van der Waals surface area (Å²) >= 11 is 0. The Balaban J connectivity index is 0. The van der Waals surface area contributed by atoms with Crippen molar-refractivity contribution < 1.29 is 4.39 Å². The van der Waals surface area contributed by atoms with Crippen LogP contribution in [-0.2, 0) is 0 Å². The van der Waals surface area contributed by atoms with Crippen molar-refractivity contribution >= 4 is 11.4 Å². The maximum atomic E-state index is 13.7. The zero-order valence-electron chi connectivity index (χ0n) is 14.2. The van der Waals surface area contributed by atoms with Gasteiger partial charge in [0.1, 0.15) is 5.82 Å². The van der Waals surface area contributed by atoms with Crippen LogP contribution < -0.4 is 5.32 Å². The minimum Gasteiger partial charge on any atom is -0.384 e. The Morgan fingerprint density at radius 3 is 2.20 bits per heavy atom. The van der Waals surface area contributed by atoms with Crippen LogP contribution in [0.4, 0.5) is 10.1 Å². The van der Waals surface area contributed by atoms with Crippen molar-refractivity contribution in [1.82, 2.24) is 0 Å². The molecule has 1 rings (SSSR count). The summed E-state index contributed by atoms with van der Waals surface area (Å²) in [6.45, 7) is 14.4. The number of hydrogen-bond acceptors (Lipinski definition) is 2. The molecule has 20 heavy (non-hydrogen) atoms. The average Bonchev–Trinajstić information content (AvgIpc) is 2.42. The number of anilines is 1. The molecule has 3 heteroatoms. The first kappa shape index (κ1) is 20.9. The number of rotatable bonds is 5. The minimum atomic E-state index is -0.313. The van der Waals surface area contributed by atoms with E-state index < -0.39 is 0 Å². The van der Waals surface area contributed by atoms with Crippen molar-refractivity contribution in [2.75, 3.05) is 11.9 Å². The first-order valence-corrected chi connectivity index (χ1v) is 7.65. The molecule has 0 aliphatic rings. The number of unbranched alkanes of at least 4 members (excludes halogenated alkanes) is 1. The molecule has 0 bridgehead atoms. The van der Waals surface area contributed by atoms with Crippen LogP contribution in [-0.4, -0.2) is 12.3 Å². The third-order valence-corrected chi connectivity index (χ3v) is 2.46. The van der Waals surface area contributed by atoms with Crippen LogP contribution >= 0.6 is 0 Å². The van der Waals surface area contributed by atoms with Gasteiger partial charge >= 0.3 is 0 Å². The normalized spacial score (nSPS) is 8.80. The van der Waals surface area contributed by atoms with E-state index in [0.717, 1.165) is 30.6 Å². The third kappa shape index (κ3) is 7.27. The van der Waals surface area contributed by atoms with Crippen molar-refractivity contribution in [1.29, 1.82) is 5.41 Å². The summed E-state index contributed by atoms with van der Waals surface area (Å²) < 4.78 is 13.7. The van der Waals surface area contributed by atoms with Gasteiger partial charge in [0.2, 0.25) is 0 Å². The zero-order valence-corrected chi connectivity index (χ0v) is 14.2. The molecule has 2 N–H and O–H groups in total. The SMILES string of the molecule is CC.CC.CCCCNc1cc(C)cc(F)c1C(C)=N. The van der Waals surface area contributed by atoms with Gasteiger partial charge in [-0.3, -0.25) is 0 Å². The molecule has 0 unspecified atom stereocenters. The fraction of sp³-hybridized carbons (Fsp3) is 0.588. The lowest BCUT2D eigenvalue weighted by Gasteiger charge is -2.13. The molecule has 0 aromatic heterocycles. The quantitative estimate of drug-likeness (QED) is 0.520. The highest BCUT2D eigenvalue weighted by Crippen LogP contribution is 2.22. The highest BCUT2D eigenvalue weighted by atomic mass is 19.1. The summed E-state index contributed by atoms with van der Waals surface area (Å²) in [4.78, 5) is 0. The molecule has 0 heterocycles. The first-order chi connectivity index (χ1) is 9.56. The van der Waals surface area contributed by atoms with Crippen LogP contribution in [0.25, 0.3) is 0 Å². The van der Waals surface area contributed by atoms with Gasteiger partial charge < -0.3 is 10.7 Å². The molecular formula is C17H31FN2. The number of hydrogen-bond donors (Lipinski definition) is 2. The van der Waals surface area contributed by atoms with E-state index in [0.29, 0.717) is 5.56 Å². The van der Waals surface area contributed by atoms with Gasteiger partial charge in [-0.25, -0.2) is 4.39 Å². The van der Waals surface area contributed by atoms with Gasteiger partial charge in [0.25, 0.3) is 0 Å². The monoisotopic (exact) mass is 282 g/mol. The molecule has 116 valence electrons. The average molecular weight is 282 g/mol. The summed E-state index contributed by atoms with van der Waals surface area (Å²) in [5, 5.41) is 10.8. The van der Waals surface area contributed by atoms with Gasteiger partial charge in [-0.15, -0.1) is 0 Å². The summed E-state index contributed by atoms with van der Waals surface area (Å²) in [7, 11) is 0. The Labute approximate surface area is 124 Å². The standard InChI is InChI=1S/C13H19FN2.2C2H6/c1-4-5-6-16-12-8-9(2)7-11(14)13(12)10(3)15;2*1-2/h7-8,15-16H,4-6H2,1-3H3;2*1-2H3. The molecule has 1 aromatic rings. The van der Waals surface area contributed by atoms with Crippen LogP contribution in [0.5, 0.6) is 0 Å². The molecular weight excluding hydrogens is 251 g/mol. The van der Waals surface area contributed by atoms with Crippen LogP contribution in [0.15, 0.2) is 12.1 Å². The van der Waals surface area contributed by atoms with Gasteiger partial charge in [0, 0.05) is 17.9 Å². The van der Waals surface area contributed by atoms with Crippen molar-refractivity contribution in [2.24, 2.45) is 0 Å².